The van der Waals surface area contributed by atoms with Gasteiger partial charge in [0.25, 0.3) is 0 Å². The number of aryl methyl sites for hydroxylation is 1. The van der Waals surface area contributed by atoms with Gasteiger partial charge in [-0.3, -0.25) is 9.59 Å². The minimum Gasteiger partial charge on any atom is -0.376 e. The van der Waals surface area contributed by atoms with Crippen LogP contribution in [0.15, 0.2) is 18.2 Å². The van der Waals surface area contributed by atoms with Gasteiger partial charge in [-0.2, -0.15) is 0 Å². The molecular formula is C20H30N2O3. The van der Waals surface area contributed by atoms with Crippen LogP contribution in [0.3, 0.4) is 0 Å². The molecule has 0 radical (unpaired) electrons. The summed E-state index contributed by atoms with van der Waals surface area (Å²) in [5.74, 6) is 0.264. The maximum Gasteiger partial charge on any atom is 0.226 e. The van der Waals surface area contributed by atoms with Crippen LogP contribution in [0.25, 0.3) is 0 Å². The fraction of sp³-hybridized carbons (Fsp3) is 0.600. The van der Waals surface area contributed by atoms with Crippen molar-refractivity contribution in [2.45, 2.75) is 59.0 Å². The molecule has 0 saturated carbocycles. The van der Waals surface area contributed by atoms with Gasteiger partial charge in [-0.25, -0.2) is 0 Å². The van der Waals surface area contributed by atoms with Crippen molar-refractivity contribution in [1.82, 2.24) is 4.90 Å². The summed E-state index contributed by atoms with van der Waals surface area (Å²) < 4.78 is 5.60. The zero-order chi connectivity index (χ0) is 18.4. The Morgan fingerprint density at radius 1 is 1.36 bits per heavy atom. The van der Waals surface area contributed by atoms with Gasteiger partial charge >= 0.3 is 0 Å². The summed E-state index contributed by atoms with van der Waals surface area (Å²) in [6.45, 7) is 9.54. The Kier molecular flexibility index (Phi) is 7.00. The molecule has 0 aliphatic carbocycles. The van der Waals surface area contributed by atoms with Gasteiger partial charge in [-0.1, -0.05) is 32.0 Å². The summed E-state index contributed by atoms with van der Waals surface area (Å²) in [4.78, 5) is 26.0. The van der Waals surface area contributed by atoms with Crippen LogP contribution >= 0.6 is 0 Å². The molecule has 1 aromatic rings. The number of hydrogen-bond donors (Lipinski definition) is 1. The van der Waals surface area contributed by atoms with E-state index in [2.05, 4.69) is 19.2 Å². The van der Waals surface area contributed by atoms with Crippen molar-refractivity contribution in [2.75, 3.05) is 25.0 Å². The number of nitrogens with one attached hydrogen (secondary N) is 1. The molecule has 0 aromatic heterocycles. The lowest BCUT2D eigenvalue weighted by atomic mass is 9.98. The predicted molar refractivity (Wildman–Crippen MR) is 99.7 cm³/mol. The fourth-order valence-electron chi connectivity index (χ4n) is 3.19. The molecular weight excluding hydrogens is 316 g/mol. The lowest BCUT2D eigenvalue weighted by Crippen LogP contribution is -2.37. The van der Waals surface area contributed by atoms with Crippen molar-refractivity contribution in [3.8, 4) is 0 Å². The van der Waals surface area contributed by atoms with E-state index in [0.29, 0.717) is 19.0 Å². The van der Waals surface area contributed by atoms with Gasteiger partial charge in [-0.05, 0) is 36.8 Å². The number of hydrogen-bond acceptors (Lipinski definition) is 3. The summed E-state index contributed by atoms with van der Waals surface area (Å²) in [6, 6.07) is 6.06. The van der Waals surface area contributed by atoms with Crippen LogP contribution < -0.4 is 5.32 Å². The van der Waals surface area contributed by atoms with Crippen LogP contribution in [-0.4, -0.2) is 42.5 Å². The van der Waals surface area contributed by atoms with E-state index in [4.69, 9.17) is 4.74 Å². The van der Waals surface area contributed by atoms with E-state index in [1.807, 2.05) is 25.1 Å². The van der Waals surface area contributed by atoms with Gasteiger partial charge in [0.1, 0.15) is 0 Å². The summed E-state index contributed by atoms with van der Waals surface area (Å²) in [5, 5.41) is 3.04. The topological polar surface area (TPSA) is 58.6 Å². The van der Waals surface area contributed by atoms with Crippen LogP contribution in [0.5, 0.6) is 0 Å². The Labute approximate surface area is 150 Å². The van der Waals surface area contributed by atoms with Crippen LogP contribution in [0.1, 0.15) is 57.1 Å². The van der Waals surface area contributed by atoms with Crippen molar-refractivity contribution in [2.24, 2.45) is 0 Å². The molecule has 1 unspecified atom stereocenters. The van der Waals surface area contributed by atoms with Crippen molar-refractivity contribution in [1.29, 1.82) is 0 Å². The molecule has 1 aliphatic rings. The Balaban J connectivity index is 1.94. The largest absolute Gasteiger partial charge is 0.376 e. The van der Waals surface area contributed by atoms with Crippen LogP contribution in [0.4, 0.5) is 5.69 Å². The SMILES string of the molecule is CC(=O)N(CCC(=O)Nc1c(C)cccc1C(C)C)CC1CCCO1. The molecule has 1 fully saturated rings. The third-order valence-electron chi connectivity index (χ3n) is 4.69. The summed E-state index contributed by atoms with van der Waals surface area (Å²) in [6.07, 6.45) is 2.42. The fourth-order valence-corrected chi connectivity index (χ4v) is 3.19. The minimum atomic E-state index is -0.0604. The lowest BCUT2D eigenvalue weighted by molar-refractivity contribution is -0.130. The molecule has 0 bridgehead atoms. The maximum atomic E-state index is 12.4. The van der Waals surface area contributed by atoms with E-state index in [1.54, 1.807) is 11.8 Å². The van der Waals surface area contributed by atoms with Crippen LogP contribution in [0.2, 0.25) is 0 Å². The zero-order valence-electron chi connectivity index (χ0n) is 15.8. The van der Waals surface area contributed by atoms with Crippen molar-refractivity contribution in [3.63, 3.8) is 0 Å². The van der Waals surface area contributed by atoms with Gasteiger partial charge in [-0.15, -0.1) is 0 Å². The zero-order valence-corrected chi connectivity index (χ0v) is 15.8. The number of carbonyl (C=O) groups excluding carboxylic acids is 2. The standard InChI is InChI=1S/C20H30N2O3/c1-14(2)18-9-5-7-15(3)20(18)21-19(24)10-11-22(16(4)23)13-17-8-6-12-25-17/h5,7,9,14,17H,6,8,10-13H2,1-4H3,(H,21,24). The van der Waals surface area contributed by atoms with Gasteiger partial charge in [0.05, 0.1) is 6.10 Å². The molecule has 0 spiro atoms. The monoisotopic (exact) mass is 346 g/mol. The van der Waals surface area contributed by atoms with E-state index in [1.165, 1.54) is 0 Å². The van der Waals surface area contributed by atoms with Crippen molar-refractivity contribution >= 4 is 17.5 Å². The highest BCUT2D eigenvalue weighted by Crippen LogP contribution is 2.27. The molecule has 1 heterocycles. The lowest BCUT2D eigenvalue weighted by Gasteiger charge is -2.24. The molecule has 1 aliphatic heterocycles. The number of para-hydroxylation sites is 1. The normalized spacial score (nSPS) is 16.9. The molecule has 2 rings (SSSR count). The first-order valence-electron chi connectivity index (χ1n) is 9.15. The molecule has 1 N–H and O–H groups in total. The van der Waals surface area contributed by atoms with Crippen molar-refractivity contribution < 1.29 is 14.3 Å². The Hall–Kier alpha value is -1.88. The van der Waals surface area contributed by atoms with E-state index >= 15 is 0 Å². The van der Waals surface area contributed by atoms with Crippen LogP contribution in [0, 0.1) is 6.92 Å². The Bertz CT molecular complexity index is 607. The third-order valence-corrected chi connectivity index (χ3v) is 4.69. The maximum absolute atomic E-state index is 12.4. The highest BCUT2D eigenvalue weighted by molar-refractivity contribution is 5.92. The number of anilines is 1. The number of benzene rings is 1. The van der Waals surface area contributed by atoms with E-state index in [0.717, 1.165) is 36.3 Å². The van der Waals surface area contributed by atoms with E-state index in [9.17, 15) is 9.59 Å². The average Bonchev–Trinajstić information content (AvgIpc) is 3.05. The number of nitrogens with zero attached hydrogens (tertiary/aromatic N) is 1. The second-order valence-corrected chi connectivity index (χ2v) is 7.09. The molecule has 1 aromatic carbocycles. The average molecular weight is 346 g/mol. The van der Waals surface area contributed by atoms with E-state index < -0.39 is 0 Å². The number of amides is 2. The first-order chi connectivity index (χ1) is 11.9. The second-order valence-electron chi connectivity index (χ2n) is 7.09. The Morgan fingerprint density at radius 3 is 2.72 bits per heavy atom. The van der Waals surface area contributed by atoms with Crippen LogP contribution in [-0.2, 0) is 14.3 Å². The van der Waals surface area contributed by atoms with Gasteiger partial charge < -0.3 is 15.0 Å². The molecule has 25 heavy (non-hydrogen) atoms. The summed E-state index contributed by atoms with van der Waals surface area (Å²) in [7, 11) is 0. The molecule has 1 saturated heterocycles. The van der Waals surface area contributed by atoms with Crippen molar-refractivity contribution in [3.05, 3.63) is 29.3 Å². The second kappa shape index (κ2) is 8.99. The highest BCUT2D eigenvalue weighted by atomic mass is 16.5. The number of carbonyl (C=O) groups is 2. The molecule has 2 amide bonds. The smallest absolute Gasteiger partial charge is 0.226 e. The Morgan fingerprint density at radius 2 is 2.12 bits per heavy atom. The molecule has 1 atom stereocenters. The predicted octanol–water partition coefficient (Wildman–Crippen LogP) is 3.47. The van der Waals surface area contributed by atoms with Gasteiger partial charge in [0.15, 0.2) is 0 Å². The third kappa shape index (κ3) is 5.56. The molecule has 5 heteroatoms. The van der Waals surface area contributed by atoms with Gasteiger partial charge in [0, 0.05) is 38.7 Å². The molecule has 138 valence electrons. The van der Waals surface area contributed by atoms with Gasteiger partial charge in [0.2, 0.25) is 11.8 Å². The molecule has 5 nitrogen and oxygen atoms in total. The number of ether oxygens (including phenoxy) is 1. The quantitative estimate of drug-likeness (QED) is 0.822. The number of rotatable bonds is 7. The first kappa shape index (κ1) is 19.4. The van der Waals surface area contributed by atoms with E-state index in [-0.39, 0.29) is 24.3 Å². The summed E-state index contributed by atoms with van der Waals surface area (Å²) in [5.41, 5.74) is 3.09. The minimum absolute atomic E-state index is 0.0120. The highest BCUT2D eigenvalue weighted by Gasteiger charge is 2.21. The first-order valence-corrected chi connectivity index (χ1v) is 9.15. The summed E-state index contributed by atoms with van der Waals surface area (Å²) >= 11 is 0.